The Labute approximate surface area is 246 Å². The van der Waals surface area contributed by atoms with Crippen LogP contribution in [0, 0.1) is 5.92 Å². The summed E-state index contributed by atoms with van der Waals surface area (Å²) < 4.78 is 57.9. The van der Waals surface area contributed by atoms with Crippen molar-refractivity contribution in [3.63, 3.8) is 0 Å². The quantitative estimate of drug-likeness (QED) is 0.326. The number of amides is 1. The van der Waals surface area contributed by atoms with Crippen molar-refractivity contribution in [2.24, 2.45) is 5.92 Å². The zero-order valence-corrected chi connectivity index (χ0v) is 25.5. The molecule has 6 rings (SSSR count). The monoisotopic (exact) mass is 618 g/mol. The largest absolute Gasteiger partial charge is 0.352 e. The van der Waals surface area contributed by atoms with E-state index in [9.17, 15) is 22.0 Å². The van der Waals surface area contributed by atoms with Gasteiger partial charge in [0, 0.05) is 42.0 Å². The fraction of sp³-hybridized carbons (Fsp3) is 0.519. The molecular weight excluding hydrogens is 586 g/mol. The SMILES string of the molecule is CC(C)C(=O)N1C(C)CN(c2ncnc3c2c2ccc(S(=O)(=O)NC4(C)CC4)cc2n3-c2nnc(C(F)F)s2)CC1C. The van der Waals surface area contributed by atoms with E-state index in [1.807, 2.05) is 39.5 Å². The highest BCUT2D eigenvalue weighted by Crippen LogP contribution is 2.40. The third-order valence-electron chi connectivity index (χ3n) is 7.96. The summed E-state index contributed by atoms with van der Waals surface area (Å²) in [5.41, 5.74) is 0.351. The van der Waals surface area contributed by atoms with E-state index in [-0.39, 0.29) is 33.9 Å². The highest BCUT2D eigenvalue weighted by atomic mass is 32.2. The molecule has 4 heterocycles. The van der Waals surface area contributed by atoms with E-state index in [0.717, 1.165) is 24.2 Å². The topological polar surface area (TPSA) is 126 Å². The first-order valence-corrected chi connectivity index (χ1v) is 16.1. The highest BCUT2D eigenvalue weighted by Gasteiger charge is 2.41. The Bertz CT molecular complexity index is 1790. The first-order valence-electron chi connectivity index (χ1n) is 13.8. The van der Waals surface area contributed by atoms with Crippen molar-refractivity contribution in [2.45, 2.75) is 76.4 Å². The Balaban J connectivity index is 1.52. The predicted molar refractivity (Wildman–Crippen MR) is 156 cm³/mol. The Morgan fingerprint density at radius 1 is 1.12 bits per heavy atom. The smallest absolute Gasteiger partial charge is 0.291 e. The fourth-order valence-electron chi connectivity index (χ4n) is 5.71. The van der Waals surface area contributed by atoms with Gasteiger partial charge in [-0.15, -0.1) is 10.2 Å². The second kappa shape index (κ2) is 10.2. The van der Waals surface area contributed by atoms with E-state index in [1.165, 1.54) is 18.5 Å². The minimum absolute atomic E-state index is 0.0448. The summed E-state index contributed by atoms with van der Waals surface area (Å²) in [7, 11) is -3.86. The molecular formula is C27H32F2N8O3S2. The number of sulfonamides is 1. The van der Waals surface area contributed by atoms with E-state index in [4.69, 9.17) is 0 Å². The average Bonchev–Trinajstić information content (AvgIpc) is 3.31. The number of hydrogen-bond acceptors (Lipinski definition) is 9. The maximum Gasteiger partial charge on any atom is 0.291 e. The number of benzene rings is 1. The number of aromatic nitrogens is 5. The number of hydrogen-bond donors (Lipinski definition) is 1. The first-order chi connectivity index (χ1) is 19.8. The van der Waals surface area contributed by atoms with Gasteiger partial charge in [0.05, 0.1) is 15.8 Å². The predicted octanol–water partition coefficient (Wildman–Crippen LogP) is 4.28. The number of halogens is 2. The van der Waals surface area contributed by atoms with Gasteiger partial charge in [0.25, 0.3) is 6.43 Å². The van der Waals surface area contributed by atoms with Gasteiger partial charge in [-0.3, -0.25) is 9.36 Å². The zero-order valence-electron chi connectivity index (χ0n) is 23.9. The normalized spacial score (nSPS) is 20.8. The van der Waals surface area contributed by atoms with Gasteiger partial charge in [-0.25, -0.2) is 31.9 Å². The van der Waals surface area contributed by atoms with Gasteiger partial charge in [-0.2, -0.15) is 0 Å². The van der Waals surface area contributed by atoms with Crippen LogP contribution in [-0.4, -0.2) is 74.7 Å². The molecule has 0 radical (unpaired) electrons. The second-order valence-corrected chi connectivity index (χ2v) is 14.5. The van der Waals surface area contributed by atoms with Gasteiger partial charge < -0.3 is 9.80 Å². The molecule has 1 saturated carbocycles. The van der Waals surface area contributed by atoms with Crippen molar-refractivity contribution in [1.29, 1.82) is 0 Å². The third kappa shape index (κ3) is 4.90. The molecule has 3 aromatic heterocycles. The fourth-order valence-corrected chi connectivity index (χ4v) is 7.91. The molecule has 0 spiro atoms. The van der Waals surface area contributed by atoms with E-state index in [2.05, 4.69) is 29.8 Å². The second-order valence-electron chi connectivity index (χ2n) is 11.8. The Morgan fingerprint density at radius 2 is 1.81 bits per heavy atom. The van der Waals surface area contributed by atoms with Gasteiger partial charge in [-0.1, -0.05) is 31.3 Å². The van der Waals surface area contributed by atoms with Gasteiger partial charge in [-0.05, 0) is 45.7 Å². The van der Waals surface area contributed by atoms with Crippen molar-refractivity contribution in [1.82, 2.24) is 34.4 Å². The summed E-state index contributed by atoms with van der Waals surface area (Å²) in [6.45, 7) is 10.7. The van der Waals surface area contributed by atoms with Gasteiger partial charge in [0.1, 0.15) is 12.1 Å². The molecule has 224 valence electrons. The van der Waals surface area contributed by atoms with E-state index < -0.39 is 27.0 Å². The van der Waals surface area contributed by atoms with Gasteiger partial charge in [0.15, 0.2) is 10.7 Å². The summed E-state index contributed by atoms with van der Waals surface area (Å²) in [5, 5.41) is 8.65. The maximum atomic E-state index is 13.5. The molecule has 4 aromatic rings. The number of nitrogens with one attached hydrogen (secondary N) is 1. The lowest BCUT2D eigenvalue weighted by molar-refractivity contribution is -0.139. The summed E-state index contributed by atoms with van der Waals surface area (Å²) in [6, 6.07) is 4.57. The van der Waals surface area contributed by atoms with Crippen LogP contribution in [0.5, 0.6) is 0 Å². The van der Waals surface area contributed by atoms with Crippen molar-refractivity contribution in [2.75, 3.05) is 18.0 Å². The summed E-state index contributed by atoms with van der Waals surface area (Å²) in [5.74, 6) is 0.571. The number of nitrogens with zero attached hydrogens (tertiary/aromatic N) is 7. The molecule has 2 atom stereocenters. The van der Waals surface area contributed by atoms with Crippen LogP contribution in [0.15, 0.2) is 29.4 Å². The minimum atomic E-state index is -3.86. The number of carbonyl (C=O) groups excluding carboxylic acids is 1. The molecule has 11 nitrogen and oxygen atoms in total. The van der Waals surface area contributed by atoms with Crippen LogP contribution in [0.4, 0.5) is 14.6 Å². The maximum absolute atomic E-state index is 13.5. The van der Waals surface area contributed by atoms with Crippen LogP contribution >= 0.6 is 11.3 Å². The number of rotatable bonds is 7. The highest BCUT2D eigenvalue weighted by molar-refractivity contribution is 7.89. The summed E-state index contributed by atoms with van der Waals surface area (Å²) >= 11 is 0.718. The molecule has 1 aliphatic heterocycles. The molecule has 42 heavy (non-hydrogen) atoms. The Morgan fingerprint density at radius 3 is 2.40 bits per heavy atom. The van der Waals surface area contributed by atoms with Crippen molar-refractivity contribution in [3.05, 3.63) is 29.5 Å². The Kier molecular flexibility index (Phi) is 6.97. The lowest BCUT2D eigenvalue weighted by Gasteiger charge is -2.45. The third-order valence-corrected chi connectivity index (χ3v) is 10.5. The number of carbonyl (C=O) groups is 1. The minimum Gasteiger partial charge on any atom is -0.352 e. The van der Waals surface area contributed by atoms with Crippen molar-refractivity contribution >= 4 is 55.0 Å². The molecule has 1 aliphatic carbocycles. The molecule has 1 N–H and O–H groups in total. The lowest BCUT2D eigenvalue weighted by Crippen LogP contribution is -2.59. The van der Waals surface area contributed by atoms with Crippen molar-refractivity contribution < 1.29 is 22.0 Å². The molecule has 2 unspecified atom stereocenters. The summed E-state index contributed by atoms with van der Waals surface area (Å²) in [4.78, 5) is 26.1. The molecule has 15 heteroatoms. The zero-order chi connectivity index (χ0) is 30.1. The van der Waals surface area contributed by atoms with Crippen LogP contribution in [0.1, 0.15) is 58.9 Å². The van der Waals surface area contributed by atoms with E-state index in [1.54, 1.807) is 10.6 Å². The summed E-state index contributed by atoms with van der Waals surface area (Å²) in [6.07, 6.45) is 0.0986. The number of fused-ring (bicyclic) bond motifs is 3. The van der Waals surface area contributed by atoms with Crippen LogP contribution in [0.2, 0.25) is 0 Å². The number of piperazine rings is 1. The van der Waals surface area contributed by atoms with Gasteiger partial charge >= 0.3 is 0 Å². The standard InChI is InChI=1S/C27H32F2N8O3S2/c1-14(2)25(38)36-15(3)11-35(12-16(36)4)22-20-18-7-6-17(42(39,40)34-27(5)8-9-27)10-19(18)37(23(20)31-13-30-22)26-33-32-24(41-26)21(28)29/h6-7,10,13-16,21,34H,8-9,11-12H2,1-5H3. The average molecular weight is 619 g/mol. The lowest BCUT2D eigenvalue weighted by atomic mass is 10.0. The van der Waals surface area contributed by atoms with E-state index in [0.29, 0.717) is 40.8 Å². The molecule has 0 bridgehead atoms. The first kappa shape index (κ1) is 28.8. The van der Waals surface area contributed by atoms with Crippen LogP contribution in [0.25, 0.3) is 27.1 Å². The van der Waals surface area contributed by atoms with Crippen LogP contribution < -0.4 is 9.62 Å². The molecule has 2 fully saturated rings. The van der Waals surface area contributed by atoms with E-state index >= 15 is 0 Å². The molecule has 1 amide bonds. The van der Waals surface area contributed by atoms with Crippen molar-refractivity contribution in [3.8, 4) is 5.13 Å². The number of anilines is 1. The van der Waals surface area contributed by atoms with Crippen LogP contribution in [-0.2, 0) is 14.8 Å². The number of alkyl halides is 2. The van der Waals surface area contributed by atoms with Gasteiger partial charge in [0.2, 0.25) is 21.1 Å². The van der Waals surface area contributed by atoms with Crippen LogP contribution in [0.3, 0.4) is 0 Å². The Hall–Kier alpha value is -3.30. The molecule has 1 aromatic carbocycles. The molecule has 1 saturated heterocycles. The molecule has 2 aliphatic rings.